The van der Waals surface area contributed by atoms with Crippen molar-refractivity contribution in [2.75, 3.05) is 12.3 Å². The standard InChI is InChI=1S/C22H36N4O/c1-20(2,3)12-13-22(6,7)27-15-14-21(4,5)26-19(16-24-25-26)17-8-10-18(23)11-9-17/h8-11,16H,12-15,23H2,1-7H3. The number of nitrogens with zero attached hydrogens (tertiary/aromatic N) is 3. The minimum absolute atomic E-state index is 0.120. The maximum atomic E-state index is 6.24. The second-order valence-electron chi connectivity index (χ2n) is 9.88. The van der Waals surface area contributed by atoms with Gasteiger partial charge in [-0.2, -0.15) is 0 Å². The van der Waals surface area contributed by atoms with Gasteiger partial charge in [0.2, 0.25) is 0 Å². The van der Waals surface area contributed by atoms with E-state index < -0.39 is 0 Å². The molecule has 2 rings (SSSR count). The van der Waals surface area contributed by atoms with Gasteiger partial charge in [-0.15, -0.1) is 5.10 Å². The molecule has 1 aromatic carbocycles. The Morgan fingerprint density at radius 3 is 2.15 bits per heavy atom. The van der Waals surface area contributed by atoms with Gasteiger partial charge < -0.3 is 10.5 Å². The molecule has 0 saturated heterocycles. The summed E-state index contributed by atoms with van der Waals surface area (Å²) in [6.07, 6.45) is 4.86. The van der Waals surface area contributed by atoms with Gasteiger partial charge in [0.25, 0.3) is 0 Å². The van der Waals surface area contributed by atoms with Crippen LogP contribution in [0.25, 0.3) is 11.3 Å². The van der Waals surface area contributed by atoms with Gasteiger partial charge in [-0.1, -0.05) is 38.1 Å². The molecule has 150 valence electrons. The summed E-state index contributed by atoms with van der Waals surface area (Å²) >= 11 is 0. The molecule has 0 aliphatic heterocycles. The van der Waals surface area contributed by atoms with E-state index in [1.165, 1.54) is 0 Å². The maximum Gasteiger partial charge on any atom is 0.0891 e. The number of hydrogen-bond acceptors (Lipinski definition) is 4. The van der Waals surface area contributed by atoms with Crippen LogP contribution in [-0.2, 0) is 10.3 Å². The van der Waals surface area contributed by atoms with E-state index in [1.54, 1.807) is 6.20 Å². The predicted octanol–water partition coefficient (Wildman–Crippen LogP) is 5.27. The first kappa shape index (κ1) is 21.4. The number of nitrogen functional groups attached to an aromatic ring is 1. The summed E-state index contributed by atoms with van der Waals surface area (Å²) in [5.74, 6) is 0. The zero-order chi connectivity index (χ0) is 20.3. The summed E-state index contributed by atoms with van der Waals surface area (Å²) in [5.41, 5.74) is 8.62. The summed E-state index contributed by atoms with van der Waals surface area (Å²) in [6.45, 7) is 16.2. The highest BCUT2D eigenvalue weighted by Gasteiger charge is 2.27. The Labute approximate surface area is 164 Å². The minimum atomic E-state index is -0.201. The molecule has 1 heterocycles. The fourth-order valence-corrected chi connectivity index (χ4v) is 2.96. The maximum absolute atomic E-state index is 6.24. The molecule has 0 radical (unpaired) electrons. The lowest BCUT2D eigenvalue weighted by Gasteiger charge is -2.32. The summed E-state index contributed by atoms with van der Waals surface area (Å²) in [6, 6.07) is 7.82. The molecular formula is C22H36N4O. The highest BCUT2D eigenvalue weighted by molar-refractivity contribution is 5.61. The molecule has 0 saturated carbocycles. The SMILES string of the molecule is CC(C)(C)CCC(C)(C)OCCC(C)(C)n1nncc1-c1ccc(N)cc1. The van der Waals surface area contributed by atoms with Gasteiger partial charge in [0.05, 0.1) is 23.0 Å². The normalized spacial score (nSPS) is 13.1. The Morgan fingerprint density at radius 1 is 0.926 bits per heavy atom. The summed E-state index contributed by atoms with van der Waals surface area (Å²) in [5, 5.41) is 8.49. The lowest BCUT2D eigenvalue weighted by molar-refractivity contribution is -0.0396. The zero-order valence-corrected chi connectivity index (χ0v) is 18.0. The van der Waals surface area contributed by atoms with Gasteiger partial charge in [0.15, 0.2) is 0 Å². The quantitative estimate of drug-likeness (QED) is 0.641. The first-order valence-corrected chi connectivity index (χ1v) is 9.81. The average Bonchev–Trinajstić information content (AvgIpc) is 3.03. The summed E-state index contributed by atoms with van der Waals surface area (Å²) < 4.78 is 8.23. The molecule has 0 spiro atoms. The lowest BCUT2D eigenvalue weighted by Crippen LogP contribution is -2.33. The van der Waals surface area contributed by atoms with Crippen LogP contribution in [0, 0.1) is 5.41 Å². The average molecular weight is 373 g/mol. The van der Waals surface area contributed by atoms with Crippen LogP contribution in [0.1, 0.15) is 67.7 Å². The molecule has 0 aliphatic rings. The first-order valence-electron chi connectivity index (χ1n) is 9.81. The van der Waals surface area contributed by atoms with E-state index in [0.29, 0.717) is 12.0 Å². The third-order valence-corrected chi connectivity index (χ3v) is 5.01. The number of nitrogens with two attached hydrogens (primary N) is 1. The van der Waals surface area contributed by atoms with Crippen molar-refractivity contribution in [3.8, 4) is 11.3 Å². The molecule has 1 aromatic heterocycles. The van der Waals surface area contributed by atoms with Crippen molar-refractivity contribution in [3.05, 3.63) is 30.5 Å². The van der Waals surface area contributed by atoms with Crippen molar-refractivity contribution in [1.29, 1.82) is 0 Å². The first-order chi connectivity index (χ1) is 12.4. The highest BCUT2D eigenvalue weighted by atomic mass is 16.5. The van der Waals surface area contributed by atoms with Gasteiger partial charge in [-0.25, -0.2) is 4.68 Å². The van der Waals surface area contributed by atoms with Crippen molar-refractivity contribution in [2.45, 2.75) is 78.9 Å². The minimum Gasteiger partial charge on any atom is -0.399 e. The molecule has 2 N–H and O–H groups in total. The van der Waals surface area contributed by atoms with Gasteiger partial charge in [0, 0.05) is 17.9 Å². The molecular weight excluding hydrogens is 336 g/mol. The Kier molecular flexibility index (Phi) is 6.35. The third-order valence-electron chi connectivity index (χ3n) is 5.01. The summed E-state index contributed by atoms with van der Waals surface area (Å²) in [7, 11) is 0. The van der Waals surface area contributed by atoms with Crippen LogP contribution in [0.15, 0.2) is 30.5 Å². The van der Waals surface area contributed by atoms with Gasteiger partial charge in [-0.05, 0) is 64.5 Å². The third kappa shape index (κ3) is 6.35. The van der Waals surface area contributed by atoms with E-state index in [0.717, 1.165) is 36.2 Å². The molecule has 0 bridgehead atoms. The Balaban J connectivity index is 2.01. The highest BCUT2D eigenvalue weighted by Crippen LogP contribution is 2.30. The van der Waals surface area contributed by atoms with Crippen molar-refractivity contribution < 1.29 is 4.74 Å². The molecule has 0 amide bonds. The molecule has 0 atom stereocenters. The predicted molar refractivity (Wildman–Crippen MR) is 113 cm³/mol. The molecule has 0 unspecified atom stereocenters. The van der Waals surface area contributed by atoms with Gasteiger partial charge in [0.1, 0.15) is 0 Å². The van der Waals surface area contributed by atoms with E-state index >= 15 is 0 Å². The van der Waals surface area contributed by atoms with Crippen LogP contribution in [0.4, 0.5) is 5.69 Å². The van der Waals surface area contributed by atoms with Gasteiger partial charge >= 0.3 is 0 Å². The van der Waals surface area contributed by atoms with Crippen molar-refractivity contribution in [1.82, 2.24) is 15.0 Å². The summed E-state index contributed by atoms with van der Waals surface area (Å²) in [4.78, 5) is 0. The Hall–Kier alpha value is -1.88. The van der Waals surface area contributed by atoms with E-state index in [1.807, 2.05) is 28.9 Å². The van der Waals surface area contributed by atoms with Crippen LogP contribution < -0.4 is 5.73 Å². The lowest BCUT2D eigenvalue weighted by atomic mass is 9.86. The largest absolute Gasteiger partial charge is 0.399 e. The molecule has 2 aromatic rings. The smallest absolute Gasteiger partial charge is 0.0891 e. The number of ether oxygens (including phenoxy) is 1. The number of hydrogen-bond donors (Lipinski definition) is 1. The number of aromatic nitrogens is 3. The fourth-order valence-electron chi connectivity index (χ4n) is 2.96. The molecule has 5 heteroatoms. The van der Waals surface area contributed by atoms with Crippen LogP contribution in [0.3, 0.4) is 0 Å². The van der Waals surface area contributed by atoms with E-state index in [-0.39, 0.29) is 11.1 Å². The molecule has 0 fully saturated rings. The van der Waals surface area contributed by atoms with Crippen molar-refractivity contribution >= 4 is 5.69 Å². The Bertz CT molecular complexity index is 724. The molecule has 27 heavy (non-hydrogen) atoms. The number of benzene rings is 1. The van der Waals surface area contributed by atoms with E-state index in [9.17, 15) is 0 Å². The zero-order valence-electron chi connectivity index (χ0n) is 18.0. The van der Waals surface area contributed by atoms with E-state index in [2.05, 4.69) is 58.8 Å². The van der Waals surface area contributed by atoms with Crippen molar-refractivity contribution in [3.63, 3.8) is 0 Å². The van der Waals surface area contributed by atoms with Crippen LogP contribution >= 0.6 is 0 Å². The second kappa shape index (κ2) is 8.01. The molecule has 5 nitrogen and oxygen atoms in total. The van der Waals surface area contributed by atoms with Crippen molar-refractivity contribution in [2.24, 2.45) is 5.41 Å². The van der Waals surface area contributed by atoms with Crippen LogP contribution in [-0.4, -0.2) is 27.2 Å². The number of anilines is 1. The van der Waals surface area contributed by atoms with Crippen LogP contribution in [0.2, 0.25) is 0 Å². The monoisotopic (exact) mass is 372 g/mol. The van der Waals surface area contributed by atoms with E-state index in [4.69, 9.17) is 10.5 Å². The topological polar surface area (TPSA) is 66.0 Å². The molecule has 0 aliphatic carbocycles. The Morgan fingerprint density at radius 2 is 1.56 bits per heavy atom. The number of rotatable bonds is 8. The second-order valence-corrected chi connectivity index (χ2v) is 9.88. The fraction of sp³-hybridized carbons (Fsp3) is 0.636. The van der Waals surface area contributed by atoms with Crippen LogP contribution in [0.5, 0.6) is 0 Å². The van der Waals surface area contributed by atoms with Gasteiger partial charge in [-0.3, -0.25) is 0 Å².